The smallest absolute Gasteiger partial charge is 0.161 e. The fourth-order valence-corrected chi connectivity index (χ4v) is 3.51. The van der Waals surface area contributed by atoms with Crippen molar-refractivity contribution in [3.8, 4) is 22.6 Å². The van der Waals surface area contributed by atoms with Crippen molar-refractivity contribution in [2.24, 2.45) is 5.84 Å². The van der Waals surface area contributed by atoms with Gasteiger partial charge in [0.25, 0.3) is 0 Å². The number of anilines is 1. The number of nitrogens with zero attached hydrogens (tertiary/aromatic N) is 2. The van der Waals surface area contributed by atoms with Gasteiger partial charge in [0, 0.05) is 10.4 Å². The molecule has 2 heterocycles. The SMILES string of the molecule is COc1ccc(-c2c(C)sc3ncnc(NN)c23)cc1OC. The average molecular weight is 316 g/mol. The van der Waals surface area contributed by atoms with Crippen LogP contribution in [0.5, 0.6) is 11.5 Å². The highest BCUT2D eigenvalue weighted by molar-refractivity contribution is 7.19. The van der Waals surface area contributed by atoms with Crippen LogP contribution in [0.4, 0.5) is 5.82 Å². The van der Waals surface area contributed by atoms with Gasteiger partial charge in [0.15, 0.2) is 17.3 Å². The van der Waals surface area contributed by atoms with Gasteiger partial charge in [-0.3, -0.25) is 0 Å². The number of hydrogen-bond donors (Lipinski definition) is 2. The molecule has 0 fully saturated rings. The number of nitrogens with one attached hydrogen (secondary N) is 1. The normalized spacial score (nSPS) is 10.7. The Kier molecular flexibility index (Phi) is 3.82. The number of nitrogens with two attached hydrogens (primary N) is 1. The van der Waals surface area contributed by atoms with Gasteiger partial charge in [-0.15, -0.1) is 11.3 Å². The number of hydrazine groups is 1. The topological polar surface area (TPSA) is 82.3 Å². The van der Waals surface area contributed by atoms with Crippen molar-refractivity contribution < 1.29 is 9.47 Å². The van der Waals surface area contributed by atoms with Gasteiger partial charge in [-0.1, -0.05) is 6.07 Å². The molecule has 0 amide bonds. The molecule has 0 atom stereocenters. The maximum atomic E-state index is 5.59. The van der Waals surface area contributed by atoms with Crippen molar-refractivity contribution in [3.63, 3.8) is 0 Å². The average Bonchev–Trinajstić information content (AvgIpc) is 2.89. The molecule has 2 aromatic heterocycles. The van der Waals surface area contributed by atoms with E-state index in [9.17, 15) is 0 Å². The molecule has 1 aromatic carbocycles. The largest absolute Gasteiger partial charge is 0.493 e. The monoisotopic (exact) mass is 316 g/mol. The van der Waals surface area contributed by atoms with E-state index < -0.39 is 0 Å². The third-order valence-corrected chi connectivity index (χ3v) is 4.49. The summed E-state index contributed by atoms with van der Waals surface area (Å²) >= 11 is 1.61. The van der Waals surface area contributed by atoms with Crippen LogP contribution in [0.3, 0.4) is 0 Å². The summed E-state index contributed by atoms with van der Waals surface area (Å²) < 4.78 is 10.7. The summed E-state index contributed by atoms with van der Waals surface area (Å²) in [5, 5.41) is 0.916. The predicted octanol–water partition coefficient (Wildman–Crippen LogP) is 2.97. The van der Waals surface area contributed by atoms with Crippen LogP contribution in [0.1, 0.15) is 4.88 Å². The second-order valence-corrected chi connectivity index (χ2v) is 5.85. The van der Waals surface area contributed by atoms with E-state index >= 15 is 0 Å². The Morgan fingerprint density at radius 2 is 1.91 bits per heavy atom. The lowest BCUT2D eigenvalue weighted by molar-refractivity contribution is 0.355. The predicted molar refractivity (Wildman–Crippen MR) is 88.5 cm³/mol. The molecule has 3 N–H and O–H groups in total. The molecule has 3 aromatic rings. The molecule has 0 unspecified atom stereocenters. The van der Waals surface area contributed by atoms with Crippen LogP contribution in [0.2, 0.25) is 0 Å². The van der Waals surface area contributed by atoms with Gasteiger partial charge in [-0.05, 0) is 24.6 Å². The number of aryl methyl sites for hydroxylation is 1. The molecule has 114 valence electrons. The van der Waals surface area contributed by atoms with Crippen molar-refractivity contribution in [1.82, 2.24) is 9.97 Å². The van der Waals surface area contributed by atoms with Crippen LogP contribution in [0, 0.1) is 6.92 Å². The molecule has 0 aliphatic carbocycles. The molecule has 0 aliphatic heterocycles. The molecular formula is C15H16N4O2S. The summed E-state index contributed by atoms with van der Waals surface area (Å²) in [4.78, 5) is 10.6. The minimum absolute atomic E-state index is 0.610. The van der Waals surface area contributed by atoms with Crippen LogP contribution >= 0.6 is 11.3 Å². The van der Waals surface area contributed by atoms with Gasteiger partial charge in [0.2, 0.25) is 0 Å². The number of thiophene rings is 1. The number of aromatic nitrogens is 2. The zero-order valence-electron chi connectivity index (χ0n) is 12.5. The molecule has 0 bridgehead atoms. The second-order valence-electron chi connectivity index (χ2n) is 4.65. The van der Waals surface area contributed by atoms with E-state index in [0.29, 0.717) is 17.3 Å². The third kappa shape index (κ3) is 2.24. The first-order valence-electron chi connectivity index (χ1n) is 6.62. The summed E-state index contributed by atoms with van der Waals surface area (Å²) in [6.45, 7) is 2.05. The highest BCUT2D eigenvalue weighted by Crippen LogP contribution is 2.42. The highest BCUT2D eigenvalue weighted by Gasteiger charge is 2.17. The Labute approximate surface area is 131 Å². The standard InChI is InChI=1S/C15H16N4O2S/c1-8-12(9-4-5-10(20-2)11(6-9)21-3)13-14(19-16)17-7-18-15(13)22-8/h4-7H,16H2,1-3H3,(H,17,18,19). The lowest BCUT2D eigenvalue weighted by Crippen LogP contribution is -2.09. The minimum atomic E-state index is 0.610. The van der Waals surface area contributed by atoms with Gasteiger partial charge < -0.3 is 14.9 Å². The van der Waals surface area contributed by atoms with Crippen molar-refractivity contribution in [2.75, 3.05) is 19.6 Å². The zero-order chi connectivity index (χ0) is 15.7. The number of ether oxygens (including phenoxy) is 2. The number of fused-ring (bicyclic) bond motifs is 1. The molecule has 7 heteroatoms. The molecule has 0 aliphatic rings. The van der Waals surface area contributed by atoms with Crippen LogP contribution in [0.25, 0.3) is 21.3 Å². The first kappa shape index (κ1) is 14.6. The summed E-state index contributed by atoms with van der Waals surface area (Å²) in [5.74, 6) is 7.57. The minimum Gasteiger partial charge on any atom is -0.493 e. The maximum Gasteiger partial charge on any atom is 0.161 e. The van der Waals surface area contributed by atoms with Gasteiger partial charge in [-0.25, -0.2) is 15.8 Å². The van der Waals surface area contributed by atoms with Crippen molar-refractivity contribution in [3.05, 3.63) is 29.4 Å². The van der Waals surface area contributed by atoms with Crippen molar-refractivity contribution >= 4 is 27.4 Å². The Hall–Kier alpha value is -2.38. The summed E-state index contributed by atoms with van der Waals surface area (Å²) in [6, 6.07) is 5.82. The third-order valence-electron chi connectivity index (χ3n) is 3.47. The molecular weight excluding hydrogens is 300 g/mol. The van der Waals surface area contributed by atoms with Crippen LogP contribution < -0.4 is 20.7 Å². The Bertz CT molecular complexity index is 832. The van der Waals surface area contributed by atoms with Gasteiger partial charge in [0.1, 0.15) is 11.2 Å². The highest BCUT2D eigenvalue weighted by atomic mass is 32.1. The van der Waals surface area contributed by atoms with Crippen molar-refractivity contribution in [2.45, 2.75) is 6.92 Å². The number of hydrogen-bond acceptors (Lipinski definition) is 7. The summed E-state index contributed by atoms with van der Waals surface area (Å²) in [6.07, 6.45) is 1.51. The van der Waals surface area contributed by atoms with Gasteiger partial charge >= 0.3 is 0 Å². The van der Waals surface area contributed by atoms with Gasteiger partial charge in [0.05, 0.1) is 19.6 Å². The fourth-order valence-electron chi connectivity index (χ4n) is 2.49. The molecule has 3 rings (SSSR count). The van der Waals surface area contributed by atoms with Crippen LogP contribution in [0.15, 0.2) is 24.5 Å². The summed E-state index contributed by atoms with van der Waals surface area (Å²) in [7, 11) is 3.24. The maximum absolute atomic E-state index is 5.59. The number of benzene rings is 1. The molecule has 0 saturated heterocycles. The Balaban J connectivity index is 2.28. The summed E-state index contributed by atoms with van der Waals surface area (Å²) in [5.41, 5.74) is 4.70. The quantitative estimate of drug-likeness (QED) is 0.569. The lowest BCUT2D eigenvalue weighted by atomic mass is 10.0. The lowest BCUT2D eigenvalue weighted by Gasteiger charge is -2.10. The van der Waals surface area contributed by atoms with E-state index in [1.807, 2.05) is 18.2 Å². The van der Waals surface area contributed by atoms with Crippen molar-refractivity contribution in [1.29, 1.82) is 0 Å². The van der Waals surface area contributed by atoms with E-state index in [0.717, 1.165) is 26.2 Å². The Morgan fingerprint density at radius 3 is 2.59 bits per heavy atom. The van der Waals surface area contributed by atoms with E-state index in [1.165, 1.54) is 6.33 Å². The van der Waals surface area contributed by atoms with E-state index in [4.69, 9.17) is 15.3 Å². The first-order chi connectivity index (χ1) is 10.7. The fraction of sp³-hybridized carbons (Fsp3) is 0.200. The molecule has 0 spiro atoms. The second kappa shape index (κ2) is 5.78. The molecule has 0 saturated carbocycles. The van der Waals surface area contributed by atoms with Gasteiger partial charge in [-0.2, -0.15) is 0 Å². The van der Waals surface area contributed by atoms with Crippen LogP contribution in [-0.4, -0.2) is 24.2 Å². The van der Waals surface area contributed by atoms with Crippen LogP contribution in [-0.2, 0) is 0 Å². The number of methoxy groups -OCH3 is 2. The van der Waals surface area contributed by atoms with E-state index in [2.05, 4.69) is 22.3 Å². The van der Waals surface area contributed by atoms with E-state index in [1.54, 1.807) is 25.6 Å². The number of rotatable bonds is 4. The molecule has 6 nitrogen and oxygen atoms in total. The molecule has 0 radical (unpaired) electrons. The zero-order valence-corrected chi connectivity index (χ0v) is 13.3. The molecule has 22 heavy (non-hydrogen) atoms. The number of nitrogen functional groups attached to an aromatic ring is 1. The Morgan fingerprint density at radius 1 is 1.14 bits per heavy atom. The van der Waals surface area contributed by atoms with E-state index in [-0.39, 0.29) is 0 Å². The first-order valence-corrected chi connectivity index (χ1v) is 7.44.